The second kappa shape index (κ2) is 6.07. The highest BCUT2D eigenvalue weighted by Gasteiger charge is 2.03. The number of oxazole rings is 1. The standard InChI is InChI=1S/C6H10N4O.C2H6/c1-4-9-3-6(11-4)5(2-7)10-8;1-2/h2-3,10H,7-8H2,1H3;1-2H3/b5-2-;. The Hall–Kier alpha value is -1.49. The van der Waals surface area contributed by atoms with Crippen LogP contribution in [0.5, 0.6) is 0 Å². The van der Waals surface area contributed by atoms with Crippen LogP contribution in [0.15, 0.2) is 16.8 Å². The Labute approximate surface area is 77.8 Å². The molecule has 0 saturated carbocycles. The average Bonchev–Trinajstić information content (AvgIpc) is 2.58. The molecule has 0 bridgehead atoms. The van der Waals surface area contributed by atoms with Crippen LogP contribution in [-0.2, 0) is 0 Å². The quantitative estimate of drug-likeness (QED) is 0.465. The summed E-state index contributed by atoms with van der Waals surface area (Å²) in [5.74, 6) is 6.25. The number of nitrogens with one attached hydrogen (secondary N) is 1. The van der Waals surface area contributed by atoms with Gasteiger partial charge in [-0.1, -0.05) is 13.8 Å². The number of rotatable bonds is 2. The molecule has 1 rings (SSSR count). The second-order valence-electron chi connectivity index (χ2n) is 1.97. The molecule has 0 atom stereocenters. The van der Waals surface area contributed by atoms with E-state index in [0.717, 1.165) is 0 Å². The molecule has 5 nitrogen and oxygen atoms in total. The smallest absolute Gasteiger partial charge is 0.191 e. The van der Waals surface area contributed by atoms with Crippen molar-refractivity contribution in [1.82, 2.24) is 10.4 Å². The molecule has 0 amide bonds. The summed E-state index contributed by atoms with van der Waals surface area (Å²) in [6.07, 6.45) is 2.87. The summed E-state index contributed by atoms with van der Waals surface area (Å²) < 4.78 is 5.13. The van der Waals surface area contributed by atoms with Gasteiger partial charge in [-0.05, 0) is 0 Å². The lowest BCUT2D eigenvalue weighted by Gasteiger charge is -1.98. The van der Waals surface area contributed by atoms with Gasteiger partial charge < -0.3 is 15.6 Å². The Morgan fingerprint density at radius 2 is 2.23 bits per heavy atom. The maximum Gasteiger partial charge on any atom is 0.191 e. The van der Waals surface area contributed by atoms with Gasteiger partial charge in [0.1, 0.15) is 5.70 Å². The van der Waals surface area contributed by atoms with Crippen molar-refractivity contribution < 1.29 is 4.42 Å². The van der Waals surface area contributed by atoms with E-state index in [1.54, 1.807) is 13.1 Å². The maximum absolute atomic E-state index is 5.23. The molecule has 1 aromatic heterocycles. The molecule has 0 aliphatic heterocycles. The van der Waals surface area contributed by atoms with Gasteiger partial charge in [-0.3, -0.25) is 5.84 Å². The topological polar surface area (TPSA) is 90.1 Å². The zero-order chi connectivity index (χ0) is 10.3. The van der Waals surface area contributed by atoms with E-state index in [-0.39, 0.29) is 0 Å². The van der Waals surface area contributed by atoms with Crippen molar-refractivity contribution in [2.75, 3.05) is 0 Å². The Morgan fingerprint density at radius 3 is 2.54 bits per heavy atom. The summed E-state index contributed by atoms with van der Waals surface area (Å²) in [4.78, 5) is 3.87. The third-order valence-electron chi connectivity index (χ3n) is 1.21. The molecule has 1 heterocycles. The fourth-order valence-electron chi connectivity index (χ4n) is 0.687. The summed E-state index contributed by atoms with van der Waals surface area (Å²) in [5, 5.41) is 0. The minimum absolute atomic E-state index is 0.519. The van der Waals surface area contributed by atoms with Crippen LogP contribution in [0.25, 0.3) is 5.70 Å². The van der Waals surface area contributed by atoms with E-state index < -0.39 is 0 Å². The van der Waals surface area contributed by atoms with Crippen LogP contribution in [0.4, 0.5) is 0 Å². The van der Waals surface area contributed by atoms with Crippen molar-refractivity contribution in [3.63, 3.8) is 0 Å². The van der Waals surface area contributed by atoms with E-state index in [9.17, 15) is 0 Å². The monoisotopic (exact) mass is 184 g/mol. The molecule has 0 fully saturated rings. The van der Waals surface area contributed by atoms with Crippen LogP contribution >= 0.6 is 0 Å². The second-order valence-corrected chi connectivity index (χ2v) is 1.97. The summed E-state index contributed by atoms with van der Waals surface area (Å²) >= 11 is 0. The van der Waals surface area contributed by atoms with Crippen molar-refractivity contribution in [3.8, 4) is 0 Å². The first kappa shape index (κ1) is 11.5. The van der Waals surface area contributed by atoms with Crippen molar-refractivity contribution in [1.29, 1.82) is 0 Å². The molecule has 0 spiro atoms. The third kappa shape index (κ3) is 3.16. The molecule has 0 saturated heterocycles. The van der Waals surface area contributed by atoms with Crippen LogP contribution in [0.3, 0.4) is 0 Å². The van der Waals surface area contributed by atoms with E-state index in [0.29, 0.717) is 17.3 Å². The Kier molecular flexibility index (Phi) is 5.38. The van der Waals surface area contributed by atoms with Crippen LogP contribution in [-0.4, -0.2) is 4.98 Å². The molecule has 5 heteroatoms. The summed E-state index contributed by atoms with van der Waals surface area (Å²) in [5.41, 5.74) is 8.14. The average molecular weight is 184 g/mol. The molecule has 13 heavy (non-hydrogen) atoms. The van der Waals surface area contributed by atoms with Gasteiger partial charge in [0.2, 0.25) is 0 Å². The molecule has 0 aromatic carbocycles. The summed E-state index contributed by atoms with van der Waals surface area (Å²) in [7, 11) is 0. The normalized spacial score (nSPS) is 10.3. The van der Waals surface area contributed by atoms with Gasteiger partial charge in [-0.15, -0.1) is 0 Å². The Morgan fingerprint density at radius 1 is 1.62 bits per heavy atom. The predicted molar refractivity (Wildman–Crippen MR) is 52.1 cm³/mol. The van der Waals surface area contributed by atoms with E-state index in [1.807, 2.05) is 13.8 Å². The van der Waals surface area contributed by atoms with Gasteiger partial charge in [0.15, 0.2) is 11.7 Å². The van der Waals surface area contributed by atoms with Crippen LogP contribution in [0.1, 0.15) is 25.5 Å². The van der Waals surface area contributed by atoms with Crippen LogP contribution in [0, 0.1) is 6.92 Å². The largest absolute Gasteiger partial charge is 0.439 e. The molecule has 0 unspecified atom stereocenters. The summed E-state index contributed by atoms with van der Waals surface area (Å²) in [6.45, 7) is 5.74. The number of nitrogens with two attached hydrogens (primary N) is 2. The minimum atomic E-state index is 0.519. The molecule has 0 aliphatic carbocycles. The highest BCUT2D eigenvalue weighted by molar-refractivity contribution is 5.57. The highest BCUT2D eigenvalue weighted by Crippen LogP contribution is 2.09. The lowest BCUT2D eigenvalue weighted by atomic mass is 10.4. The predicted octanol–water partition coefficient (Wildman–Crippen LogP) is 0.730. The number of aromatic nitrogens is 1. The van der Waals surface area contributed by atoms with Gasteiger partial charge >= 0.3 is 0 Å². The van der Waals surface area contributed by atoms with Crippen molar-refractivity contribution in [2.24, 2.45) is 11.6 Å². The molecule has 74 valence electrons. The zero-order valence-corrected chi connectivity index (χ0v) is 8.16. The van der Waals surface area contributed by atoms with Crippen LogP contribution in [0.2, 0.25) is 0 Å². The highest BCUT2D eigenvalue weighted by atomic mass is 16.4. The Balaban J connectivity index is 0.000000671. The van der Waals surface area contributed by atoms with Gasteiger partial charge in [-0.25, -0.2) is 4.98 Å². The zero-order valence-electron chi connectivity index (χ0n) is 8.16. The fourth-order valence-corrected chi connectivity index (χ4v) is 0.687. The fraction of sp³-hybridized carbons (Fsp3) is 0.375. The summed E-state index contributed by atoms with van der Waals surface area (Å²) in [6, 6.07) is 0. The Bertz CT molecular complexity index is 267. The SMILES string of the molecule is CC.Cc1ncc(/C(=C/N)NN)o1. The number of hydrogen-bond donors (Lipinski definition) is 3. The van der Waals surface area contributed by atoms with E-state index in [4.69, 9.17) is 16.0 Å². The van der Waals surface area contributed by atoms with Gasteiger partial charge in [0, 0.05) is 13.1 Å². The first-order chi connectivity index (χ1) is 6.27. The minimum Gasteiger partial charge on any atom is -0.439 e. The first-order valence-corrected chi connectivity index (χ1v) is 4.09. The van der Waals surface area contributed by atoms with Gasteiger partial charge in [0.05, 0.1) is 6.20 Å². The number of hydrazine groups is 1. The van der Waals surface area contributed by atoms with Gasteiger partial charge in [-0.2, -0.15) is 0 Å². The van der Waals surface area contributed by atoms with E-state index in [1.165, 1.54) is 6.20 Å². The lowest BCUT2D eigenvalue weighted by Crippen LogP contribution is -2.20. The molecule has 0 aliphatic rings. The number of hydrogen-bond acceptors (Lipinski definition) is 5. The molecular formula is C8H16N4O. The van der Waals surface area contributed by atoms with Crippen molar-refractivity contribution >= 4 is 5.70 Å². The molecular weight excluding hydrogens is 168 g/mol. The van der Waals surface area contributed by atoms with Crippen molar-refractivity contribution in [3.05, 3.63) is 24.0 Å². The lowest BCUT2D eigenvalue weighted by molar-refractivity contribution is 0.505. The third-order valence-corrected chi connectivity index (χ3v) is 1.21. The van der Waals surface area contributed by atoms with E-state index in [2.05, 4.69) is 10.4 Å². The molecule has 5 N–H and O–H groups in total. The maximum atomic E-state index is 5.23. The number of nitrogens with zero attached hydrogens (tertiary/aromatic N) is 1. The van der Waals surface area contributed by atoms with Crippen LogP contribution < -0.4 is 17.0 Å². The van der Waals surface area contributed by atoms with Crippen molar-refractivity contribution in [2.45, 2.75) is 20.8 Å². The molecule has 0 radical (unpaired) electrons. The van der Waals surface area contributed by atoms with Gasteiger partial charge in [0.25, 0.3) is 0 Å². The molecule has 1 aromatic rings. The number of aryl methyl sites for hydroxylation is 1. The first-order valence-electron chi connectivity index (χ1n) is 4.09. The van der Waals surface area contributed by atoms with E-state index >= 15 is 0 Å².